The first-order chi connectivity index (χ1) is 16.7. The molecule has 7 nitrogen and oxygen atoms in total. The molecule has 2 aromatic carbocycles. The topological polar surface area (TPSA) is 67.2 Å². The molecule has 5 rings (SSSR count). The van der Waals surface area contributed by atoms with Gasteiger partial charge >= 0.3 is 0 Å². The predicted molar refractivity (Wildman–Crippen MR) is 129 cm³/mol. The van der Waals surface area contributed by atoms with Gasteiger partial charge in [0.2, 0.25) is 11.9 Å². The van der Waals surface area contributed by atoms with Crippen LogP contribution in [0.2, 0.25) is 0 Å². The second kappa shape index (κ2) is 9.66. The summed E-state index contributed by atoms with van der Waals surface area (Å²) in [6.45, 7) is 2.54. The van der Waals surface area contributed by atoms with E-state index in [0.717, 1.165) is 16.8 Å². The van der Waals surface area contributed by atoms with Gasteiger partial charge < -0.3 is 9.80 Å². The molecule has 2 aromatic heterocycles. The van der Waals surface area contributed by atoms with Gasteiger partial charge in [-0.1, -0.05) is 18.2 Å². The summed E-state index contributed by atoms with van der Waals surface area (Å²) >= 11 is 0. The van der Waals surface area contributed by atoms with Gasteiger partial charge in [0.05, 0.1) is 11.4 Å². The molecule has 1 fully saturated rings. The lowest BCUT2D eigenvalue weighted by molar-refractivity contribution is -0.126. The lowest BCUT2D eigenvalue weighted by Gasteiger charge is -2.34. The lowest BCUT2D eigenvalue weighted by Crippen LogP contribution is -2.48. The number of anilines is 1. The van der Waals surface area contributed by atoms with Gasteiger partial charge in [-0.25, -0.2) is 19.0 Å². The molecule has 0 bridgehead atoms. The van der Waals surface area contributed by atoms with Gasteiger partial charge in [-0.05, 0) is 48.5 Å². The molecular formula is C26H23FN6O. The number of amides is 1. The highest BCUT2D eigenvalue weighted by molar-refractivity contribution is 5.93. The SMILES string of the molecule is O=C(C=Cc1cn(-c2ccccc2)nc1-c1ccc(F)cc1)N1CCN(c2ncccn2)CC1. The van der Waals surface area contributed by atoms with Crippen LogP contribution in [0.1, 0.15) is 5.56 Å². The maximum Gasteiger partial charge on any atom is 0.246 e. The summed E-state index contributed by atoms with van der Waals surface area (Å²) in [6, 6.07) is 17.7. The van der Waals surface area contributed by atoms with Crippen LogP contribution >= 0.6 is 0 Å². The molecule has 0 unspecified atom stereocenters. The Bertz CT molecular complexity index is 1280. The summed E-state index contributed by atoms with van der Waals surface area (Å²) in [5.74, 6) is 0.312. The fraction of sp³-hybridized carbons (Fsp3) is 0.154. The molecule has 0 N–H and O–H groups in total. The Morgan fingerprint density at radius 1 is 0.882 bits per heavy atom. The van der Waals surface area contributed by atoms with Crippen molar-refractivity contribution in [3.05, 3.63) is 96.7 Å². The molecular weight excluding hydrogens is 431 g/mol. The Morgan fingerprint density at radius 3 is 2.29 bits per heavy atom. The number of hydrogen-bond donors (Lipinski definition) is 0. The minimum Gasteiger partial charge on any atom is -0.337 e. The fourth-order valence-corrected chi connectivity index (χ4v) is 3.90. The van der Waals surface area contributed by atoms with Crippen LogP contribution in [0.3, 0.4) is 0 Å². The first kappa shape index (κ1) is 21.5. The van der Waals surface area contributed by atoms with Crippen LogP contribution in [-0.2, 0) is 4.79 Å². The van der Waals surface area contributed by atoms with Crippen molar-refractivity contribution in [2.75, 3.05) is 31.1 Å². The zero-order valence-electron chi connectivity index (χ0n) is 18.5. The van der Waals surface area contributed by atoms with Crippen LogP contribution in [0.4, 0.5) is 10.3 Å². The van der Waals surface area contributed by atoms with Crippen molar-refractivity contribution in [1.29, 1.82) is 0 Å². The van der Waals surface area contributed by atoms with Crippen LogP contribution in [0, 0.1) is 5.82 Å². The van der Waals surface area contributed by atoms with E-state index in [1.807, 2.05) is 41.4 Å². The minimum atomic E-state index is -0.307. The van der Waals surface area contributed by atoms with E-state index in [-0.39, 0.29) is 11.7 Å². The highest BCUT2D eigenvalue weighted by Gasteiger charge is 2.21. The predicted octanol–water partition coefficient (Wildman–Crippen LogP) is 3.83. The van der Waals surface area contributed by atoms with Crippen LogP contribution in [0.5, 0.6) is 0 Å². The van der Waals surface area contributed by atoms with Gasteiger partial charge in [0.25, 0.3) is 0 Å². The minimum absolute atomic E-state index is 0.0638. The van der Waals surface area contributed by atoms with Gasteiger partial charge in [-0.2, -0.15) is 5.10 Å². The number of para-hydroxylation sites is 1. The van der Waals surface area contributed by atoms with Crippen molar-refractivity contribution in [2.24, 2.45) is 0 Å². The normalized spacial score (nSPS) is 14.0. The number of aromatic nitrogens is 4. The van der Waals surface area contributed by atoms with E-state index in [2.05, 4.69) is 14.9 Å². The van der Waals surface area contributed by atoms with Crippen molar-refractivity contribution in [3.8, 4) is 16.9 Å². The summed E-state index contributed by atoms with van der Waals surface area (Å²) in [6.07, 6.45) is 8.67. The number of halogens is 1. The van der Waals surface area contributed by atoms with Crippen molar-refractivity contribution >= 4 is 17.9 Å². The van der Waals surface area contributed by atoms with Gasteiger partial charge in [0.1, 0.15) is 5.82 Å². The number of carbonyl (C=O) groups is 1. The summed E-state index contributed by atoms with van der Waals surface area (Å²) < 4.78 is 15.2. The van der Waals surface area contributed by atoms with E-state index in [0.29, 0.717) is 37.8 Å². The standard InChI is InChI=1S/C26H23FN6O/c27-22-10-7-20(8-11-22)25-21(19-33(30-25)23-5-2-1-3-6-23)9-12-24(34)31-15-17-32(18-16-31)26-28-13-4-14-29-26/h1-14,19H,15-18H2. The molecule has 8 heteroatoms. The molecule has 0 radical (unpaired) electrons. The van der Waals surface area contributed by atoms with Crippen molar-refractivity contribution in [3.63, 3.8) is 0 Å². The van der Waals surface area contributed by atoms with E-state index in [4.69, 9.17) is 5.10 Å². The van der Waals surface area contributed by atoms with Gasteiger partial charge in [-0.15, -0.1) is 0 Å². The highest BCUT2D eigenvalue weighted by atomic mass is 19.1. The number of carbonyl (C=O) groups excluding carboxylic acids is 1. The van der Waals surface area contributed by atoms with E-state index < -0.39 is 0 Å². The van der Waals surface area contributed by atoms with Gasteiger partial charge in [0.15, 0.2) is 0 Å². The summed E-state index contributed by atoms with van der Waals surface area (Å²) in [5.41, 5.74) is 3.13. The van der Waals surface area contributed by atoms with Crippen LogP contribution < -0.4 is 4.90 Å². The van der Waals surface area contributed by atoms with Gasteiger partial charge in [-0.3, -0.25) is 4.79 Å². The molecule has 34 heavy (non-hydrogen) atoms. The van der Waals surface area contributed by atoms with Gasteiger partial charge in [0, 0.05) is 62.0 Å². The van der Waals surface area contributed by atoms with Crippen molar-refractivity contribution in [2.45, 2.75) is 0 Å². The second-order valence-corrected chi connectivity index (χ2v) is 7.91. The summed E-state index contributed by atoms with van der Waals surface area (Å²) in [5, 5.41) is 4.71. The molecule has 0 atom stereocenters. The molecule has 0 saturated carbocycles. The number of benzene rings is 2. The molecule has 0 spiro atoms. The zero-order valence-corrected chi connectivity index (χ0v) is 18.5. The third-order valence-corrected chi connectivity index (χ3v) is 5.71. The smallest absolute Gasteiger partial charge is 0.246 e. The average molecular weight is 455 g/mol. The summed E-state index contributed by atoms with van der Waals surface area (Å²) in [7, 11) is 0. The zero-order chi connectivity index (χ0) is 23.3. The number of hydrogen-bond acceptors (Lipinski definition) is 5. The first-order valence-corrected chi connectivity index (χ1v) is 11.1. The summed E-state index contributed by atoms with van der Waals surface area (Å²) in [4.78, 5) is 25.4. The molecule has 1 aliphatic rings. The van der Waals surface area contributed by atoms with Crippen LogP contribution in [-0.4, -0.2) is 56.7 Å². The molecule has 1 saturated heterocycles. The van der Waals surface area contributed by atoms with E-state index in [1.54, 1.807) is 47.4 Å². The van der Waals surface area contributed by atoms with Crippen molar-refractivity contribution in [1.82, 2.24) is 24.6 Å². The monoisotopic (exact) mass is 454 g/mol. The maximum absolute atomic E-state index is 13.5. The van der Waals surface area contributed by atoms with Crippen LogP contribution in [0.25, 0.3) is 23.0 Å². The highest BCUT2D eigenvalue weighted by Crippen LogP contribution is 2.25. The number of rotatable bonds is 5. The lowest BCUT2D eigenvalue weighted by atomic mass is 10.1. The molecule has 170 valence electrons. The first-order valence-electron chi connectivity index (χ1n) is 11.1. The van der Waals surface area contributed by atoms with E-state index >= 15 is 0 Å². The Hall–Kier alpha value is -4.33. The molecule has 0 aliphatic carbocycles. The average Bonchev–Trinajstić information content (AvgIpc) is 3.33. The fourth-order valence-electron chi connectivity index (χ4n) is 3.90. The third kappa shape index (κ3) is 4.71. The molecule has 4 aromatic rings. The van der Waals surface area contributed by atoms with Crippen LogP contribution in [0.15, 0.2) is 85.3 Å². The number of piperazine rings is 1. The largest absolute Gasteiger partial charge is 0.337 e. The Kier molecular flexibility index (Phi) is 6.11. The third-order valence-electron chi connectivity index (χ3n) is 5.71. The Morgan fingerprint density at radius 2 is 1.59 bits per heavy atom. The number of nitrogens with zero attached hydrogens (tertiary/aromatic N) is 6. The Labute approximate surface area is 196 Å². The van der Waals surface area contributed by atoms with E-state index in [1.165, 1.54) is 12.1 Å². The quantitative estimate of drug-likeness (QED) is 0.429. The van der Waals surface area contributed by atoms with E-state index in [9.17, 15) is 9.18 Å². The second-order valence-electron chi connectivity index (χ2n) is 7.91. The Balaban J connectivity index is 1.34. The van der Waals surface area contributed by atoms with Crippen molar-refractivity contribution < 1.29 is 9.18 Å². The molecule has 3 heterocycles. The molecule has 1 amide bonds. The maximum atomic E-state index is 13.5. The molecule has 1 aliphatic heterocycles.